The number of hydrogen-bond donors (Lipinski definition) is 3. The number of benzene rings is 3. The Kier molecular flexibility index (Phi) is 5.98. The molecule has 0 aliphatic carbocycles. The highest BCUT2D eigenvalue weighted by Crippen LogP contribution is 2.49. The number of rotatable bonds is 4. The molecule has 0 unspecified atom stereocenters. The zero-order valence-corrected chi connectivity index (χ0v) is 18.1. The molecule has 3 rings (SSSR count). The highest BCUT2D eigenvalue weighted by molar-refractivity contribution is 7.87. The fraction of sp³-hybridized carbons (Fsp3) is 0.0526. The van der Waals surface area contributed by atoms with Gasteiger partial charge in [0.1, 0.15) is 21.5 Å². The summed E-state index contributed by atoms with van der Waals surface area (Å²) < 4.78 is 34.0. The van der Waals surface area contributed by atoms with Crippen LogP contribution >= 0.6 is 46.4 Å². The van der Waals surface area contributed by atoms with Crippen molar-refractivity contribution in [3.8, 4) is 11.5 Å². The van der Waals surface area contributed by atoms with E-state index in [4.69, 9.17) is 46.4 Å². The summed E-state index contributed by atoms with van der Waals surface area (Å²) in [5, 5.41) is 19.7. The van der Waals surface area contributed by atoms with Crippen molar-refractivity contribution in [3.63, 3.8) is 0 Å². The van der Waals surface area contributed by atoms with Crippen molar-refractivity contribution in [1.82, 2.24) is 0 Å². The normalized spacial score (nSPS) is 12.2. The Morgan fingerprint density at radius 2 is 1.10 bits per heavy atom. The fourth-order valence-corrected chi connectivity index (χ4v) is 5.09. The first-order valence-electron chi connectivity index (χ1n) is 7.89. The molecular weight excluding hydrogens is 482 g/mol. The molecule has 0 spiro atoms. The third-order valence-electron chi connectivity index (χ3n) is 4.40. The van der Waals surface area contributed by atoms with Gasteiger partial charge in [-0.25, -0.2) is 0 Å². The largest absolute Gasteiger partial charge is 0.506 e. The van der Waals surface area contributed by atoms with E-state index >= 15 is 0 Å². The van der Waals surface area contributed by atoms with Gasteiger partial charge in [-0.15, -0.1) is 0 Å². The van der Waals surface area contributed by atoms with Gasteiger partial charge in [0.15, 0.2) is 4.75 Å². The zero-order chi connectivity index (χ0) is 21.6. The maximum atomic E-state index is 12.9. The van der Waals surface area contributed by atoms with Crippen LogP contribution in [-0.4, -0.2) is 23.2 Å². The number of phenols is 2. The molecule has 0 aliphatic heterocycles. The zero-order valence-electron chi connectivity index (χ0n) is 14.3. The van der Waals surface area contributed by atoms with E-state index in [1.165, 1.54) is 24.3 Å². The van der Waals surface area contributed by atoms with E-state index in [-0.39, 0.29) is 36.8 Å². The van der Waals surface area contributed by atoms with Gasteiger partial charge < -0.3 is 10.2 Å². The third-order valence-corrected chi connectivity index (χ3v) is 7.46. The molecule has 3 aromatic rings. The summed E-state index contributed by atoms with van der Waals surface area (Å²) in [5.74, 6) is -0.996. The van der Waals surface area contributed by atoms with Crippen LogP contribution in [-0.2, 0) is 14.9 Å². The Labute approximate surface area is 186 Å². The van der Waals surface area contributed by atoms with Crippen LogP contribution in [0.25, 0.3) is 0 Å². The molecule has 29 heavy (non-hydrogen) atoms. The average Bonchev–Trinajstić information content (AvgIpc) is 2.64. The van der Waals surface area contributed by atoms with Crippen molar-refractivity contribution in [3.05, 3.63) is 91.4 Å². The molecule has 0 radical (unpaired) electrons. The molecule has 0 bridgehead atoms. The van der Waals surface area contributed by atoms with E-state index in [0.717, 1.165) is 12.1 Å². The molecule has 3 aromatic carbocycles. The molecule has 3 N–H and O–H groups in total. The predicted molar refractivity (Wildman–Crippen MR) is 114 cm³/mol. The molecule has 5 nitrogen and oxygen atoms in total. The topological polar surface area (TPSA) is 94.8 Å². The minimum Gasteiger partial charge on any atom is -0.506 e. The van der Waals surface area contributed by atoms with Crippen LogP contribution in [0.2, 0.25) is 20.1 Å². The monoisotopic (exact) mass is 492 g/mol. The Hall–Kier alpha value is -1.67. The van der Waals surface area contributed by atoms with Gasteiger partial charge in [0.05, 0.1) is 10.0 Å². The van der Waals surface area contributed by atoms with Crippen molar-refractivity contribution < 1.29 is 23.2 Å². The number of aromatic hydroxyl groups is 2. The highest BCUT2D eigenvalue weighted by atomic mass is 35.5. The first kappa shape index (κ1) is 22.0. The first-order valence-corrected chi connectivity index (χ1v) is 10.8. The SMILES string of the molecule is O=S(=O)(O)C(c1ccccc1)(c1cc(O)c(Cl)c(Cl)c1)c1cc(O)c(Cl)c(Cl)c1. The summed E-state index contributed by atoms with van der Waals surface area (Å²) in [4.78, 5) is 0. The van der Waals surface area contributed by atoms with E-state index in [9.17, 15) is 23.2 Å². The molecule has 0 aliphatic rings. The van der Waals surface area contributed by atoms with Crippen LogP contribution in [0.1, 0.15) is 16.7 Å². The van der Waals surface area contributed by atoms with Crippen LogP contribution in [0, 0.1) is 0 Å². The van der Waals surface area contributed by atoms with Crippen LogP contribution in [0.15, 0.2) is 54.6 Å². The molecule has 0 heterocycles. The molecule has 0 atom stereocenters. The van der Waals surface area contributed by atoms with Crippen LogP contribution < -0.4 is 0 Å². The molecule has 10 heteroatoms. The highest BCUT2D eigenvalue weighted by Gasteiger charge is 2.49. The van der Waals surface area contributed by atoms with Gasteiger partial charge in [0.2, 0.25) is 0 Å². The smallest absolute Gasteiger partial charge is 0.283 e. The summed E-state index contributed by atoms with van der Waals surface area (Å²) in [5.41, 5.74) is -0.162. The van der Waals surface area contributed by atoms with E-state index in [2.05, 4.69) is 0 Å². The average molecular weight is 494 g/mol. The van der Waals surface area contributed by atoms with E-state index < -0.39 is 26.4 Å². The van der Waals surface area contributed by atoms with Gasteiger partial charge in [-0.1, -0.05) is 76.7 Å². The van der Waals surface area contributed by atoms with Gasteiger partial charge >= 0.3 is 0 Å². The van der Waals surface area contributed by atoms with E-state index in [0.29, 0.717) is 0 Å². The lowest BCUT2D eigenvalue weighted by molar-refractivity contribution is 0.455. The van der Waals surface area contributed by atoms with E-state index in [1.54, 1.807) is 18.2 Å². The van der Waals surface area contributed by atoms with Gasteiger partial charge in [0, 0.05) is 0 Å². The van der Waals surface area contributed by atoms with Gasteiger partial charge in [-0.05, 0) is 41.0 Å². The minimum atomic E-state index is -5.00. The van der Waals surface area contributed by atoms with Crippen LogP contribution in [0.4, 0.5) is 0 Å². The lowest BCUT2D eigenvalue weighted by atomic mass is 9.83. The first-order chi connectivity index (χ1) is 13.5. The molecule has 0 aromatic heterocycles. The van der Waals surface area contributed by atoms with E-state index in [1.807, 2.05) is 0 Å². The second-order valence-corrected chi connectivity index (χ2v) is 9.24. The Morgan fingerprint density at radius 3 is 1.45 bits per heavy atom. The van der Waals surface area contributed by atoms with Crippen LogP contribution in [0.5, 0.6) is 11.5 Å². The van der Waals surface area contributed by atoms with Gasteiger partial charge in [0.25, 0.3) is 10.1 Å². The van der Waals surface area contributed by atoms with Crippen molar-refractivity contribution in [2.75, 3.05) is 0 Å². The molecule has 0 fully saturated rings. The molecule has 0 amide bonds. The van der Waals surface area contributed by atoms with Crippen molar-refractivity contribution in [1.29, 1.82) is 0 Å². The van der Waals surface area contributed by atoms with Crippen molar-refractivity contribution >= 4 is 56.5 Å². The summed E-state index contributed by atoms with van der Waals surface area (Å²) in [6.07, 6.45) is 0. The molecular formula is C19H12Cl4O5S. The van der Waals surface area contributed by atoms with Gasteiger partial charge in [-0.2, -0.15) is 8.42 Å². The maximum absolute atomic E-state index is 12.9. The summed E-state index contributed by atoms with van der Waals surface area (Å²) in [6, 6.07) is 12.2. The lowest BCUT2D eigenvalue weighted by Crippen LogP contribution is -2.38. The van der Waals surface area contributed by atoms with Crippen molar-refractivity contribution in [2.24, 2.45) is 0 Å². The number of phenolic OH excluding ortho intramolecular Hbond substituents is 2. The lowest BCUT2D eigenvalue weighted by Gasteiger charge is -2.33. The van der Waals surface area contributed by atoms with Crippen molar-refractivity contribution in [2.45, 2.75) is 4.75 Å². The standard InChI is InChI=1S/C19H12Cl4O5S/c20-13-6-11(8-15(24)17(13)22)19(29(26,27)28,10-4-2-1-3-5-10)12-7-14(21)18(23)16(25)9-12/h1-9,24-25H,(H,26,27,28). The number of halogens is 4. The molecule has 0 saturated carbocycles. The maximum Gasteiger partial charge on any atom is 0.283 e. The second kappa shape index (κ2) is 7.87. The molecule has 0 saturated heterocycles. The number of hydrogen-bond acceptors (Lipinski definition) is 4. The van der Waals surface area contributed by atoms with Crippen LogP contribution in [0.3, 0.4) is 0 Å². The summed E-state index contributed by atoms with van der Waals surface area (Å²) in [6.45, 7) is 0. The van der Waals surface area contributed by atoms with Gasteiger partial charge in [-0.3, -0.25) is 4.55 Å². The second-order valence-electron chi connectivity index (χ2n) is 6.10. The third kappa shape index (κ3) is 3.65. The molecule has 152 valence electrons. The Morgan fingerprint density at radius 1 is 0.690 bits per heavy atom. The Bertz CT molecular complexity index is 1090. The quantitative estimate of drug-likeness (QED) is 0.311. The Balaban J connectivity index is 2.57. The minimum absolute atomic E-state index is 0.0954. The fourth-order valence-electron chi connectivity index (χ4n) is 3.18. The summed E-state index contributed by atoms with van der Waals surface area (Å²) >= 11 is 24.0. The predicted octanol–water partition coefficient (Wildman–Crippen LogP) is 5.89. The summed E-state index contributed by atoms with van der Waals surface area (Å²) in [7, 11) is -5.00.